The summed E-state index contributed by atoms with van der Waals surface area (Å²) in [6.45, 7) is 1.90. The zero-order valence-corrected chi connectivity index (χ0v) is 23.0. The van der Waals surface area contributed by atoms with Crippen LogP contribution in [0.5, 0.6) is 17.2 Å². The van der Waals surface area contributed by atoms with Gasteiger partial charge < -0.3 is 19.5 Å². The molecule has 0 bridgehead atoms. The van der Waals surface area contributed by atoms with Gasteiger partial charge in [-0.2, -0.15) is 5.10 Å². The maximum Gasteiger partial charge on any atom is 0.341 e. The Bertz CT molecular complexity index is 1620. The van der Waals surface area contributed by atoms with Crippen molar-refractivity contribution in [3.05, 3.63) is 78.2 Å². The van der Waals surface area contributed by atoms with Crippen molar-refractivity contribution in [2.45, 2.75) is 26.2 Å². The number of hydrogen-bond donors (Lipinski definition) is 2. The zero-order chi connectivity index (χ0) is 30.4. The lowest BCUT2D eigenvalue weighted by atomic mass is 10.1. The van der Waals surface area contributed by atoms with Gasteiger partial charge in [0.1, 0.15) is 5.00 Å². The van der Waals surface area contributed by atoms with Crippen molar-refractivity contribution >= 4 is 51.7 Å². The highest BCUT2D eigenvalue weighted by atomic mass is 32.1. The Labute approximate surface area is 241 Å². The summed E-state index contributed by atoms with van der Waals surface area (Å²) in [6, 6.07) is 7.37. The number of rotatable bonds is 10. The zero-order valence-electron chi connectivity index (χ0n) is 22.2. The van der Waals surface area contributed by atoms with E-state index in [0.717, 1.165) is 41.5 Å². The number of carbonyl (C=O) groups is 3. The van der Waals surface area contributed by atoms with Gasteiger partial charge in [-0.3, -0.25) is 29.8 Å². The first-order chi connectivity index (χ1) is 20.1. The van der Waals surface area contributed by atoms with E-state index in [4.69, 9.17) is 14.2 Å². The van der Waals surface area contributed by atoms with Crippen LogP contribution < -0.4 is 20.2 Å². The first-order valence-corrected chi connectivity index (χ1v) is 13.2. The van der Waals surface area contributed by atoms with Gasteiger partial charge in [-0.1, -0.05) is 0 Å². The SMILES string of the molecule is CCOc1cc(C=NNC(=O)C(=O)Nc2sc3c(c2C(=O)OC)CCC3)ccc1Oc1ccc([N+](=O)[O-])cc1[N+](=O)[O-]. The van der Waals surface area contributed by atoms with Gasteiger partial charge in [0.05, 0.1) is 41.4 Å². The lowest BCUT2D eigenvalue weighted by Crippen LogP contribution is -2.32. The van der Waals surface area contributed by atoms with Gasteiger partial charge in [0.15, 0.2) is 11.5 Å². The van der Waals surface area contributed by atoms with E-state index in [1.807, 2.05) is 0 Å². The summed E-state index contributed by atoms with van der Waals surface area (Å²) < 4.78 is 16.0. The third-order valence-corrected chi connectivity index (χ3v) is 7.17. The summed E-state index contributed by atoms with van der Waals surface area (Å²) in [4.78, 5) is 58.9. The number of hydrazone groups is 1. The van der Waals surface area contributed by atoms with E-state index in [-0.39, 0.29) is 34.4 Å². The second-order valence-corrected chi connectivity index (χ2v) is 9.72. The van der Waals surface area contributed by atoms with Crippen LogP contribution in [0.3, 0.4) is 0 Å². The molecule has 15 nitrogen and oxygen atoms in total. The van der Waals surface area contributed by atoms with Gasteiger partial charge in [0, 0.05) is 10.9 Å². The largest absolute Gasteiger partial charge is 0.490 e. The Morgan fingerprint density at radius 1 is 1.02 bits per heavy atom. The number of thiophene rings is 1. The number of anilines is 1. The van der Waals surface area contributed by atoms with Crippen LogP contribution in [0.2, 0.25) is 0 Å². The van der Waals surface area contributed by atoms with Crippen LogP contribution in [-0.4, -0.2) is 47.6 Å². The lowest BCUT2D eigenvalue weighted by Gasteiger charge is -2.12. The fraction of sp³-hybridized carbons (Fsp3) is 0.231. The Morgan fingerprint density at radius 2 is 1.79 bits per heavy atom. The average molecular weight is 598 g/mol. The minimum absolute atomic E-state index is 0.0821. The molecule has 1 aliphatic carbocycles. The number of amides is 2. The number of non-ortho nitro benzene ring substituents is 1. The second-order valence-electron chi connectivity index (χ2n) is 8.61. The number of nitrogens with zero attached hydrogens (tertiary/aromatic N) is 3. The molecule has 1 aromatic heterocycles. The predicted octanol–water partition coefficient (Wildman–Crippen LogP) is 4.12. The molecule has 0 atom stereocenters. The highest BCUT2D eigenvalue weighted by Crippen LogP contribution is 2.40. The first kappa shape index (κ1) is 29.6. The number of nitrogens with one attached hydrogen (secondary N) is 2. The number of methoxy groups -OCH3 is 1. The van der Waals surface area contributed by atoms with Crippen molar-refractivity contribution in [2.75, 3.05) is 19.0 Å². The monoisotopic (exact) mass is 597 g/mol. The summed E-state index contributed by atoms with van der Waals surface area (Å²) in [5, 5.41) is 28.9. The van der Waals surface area contributed by atoms with E-state index in [1.165, 1.54) is 42.9 Å². The van der Waals surface area contributed by atoms with Crippen LogP contribution in [0.25, 0.3) is 0 Å². The third kappa shape index (κ3) is 6.49. The van der Waals surface area contributed by atoms with Crippen LogP contribution in [-0.2, 0) is 27.2 Å². The van der Waals surface area contributed by atoms with E-state index >= 15 is 0 Å². The number of hydrogen-bond acceptors (Lipinski definition) is 12. The lowest BCUT2D eigenvalue weighted by molar-refractivity contribution is -0.394. The molecule has 16 heteroatoms. The quantitative estimate of drug-likeness (QED) is 0.113. The molecule has 0 saturated carbocycles. The molecule has 0 unspecified atom stereocenters. The summed E-state index contributed by atoms with van der Waals surface area (Å²) in [6.07, 6.45) is 3.57. The number of nitro benzene ring substituents is 2. The first-order valence-electron chi connectivity index (χ1n) is 12.4. The molecule has 0 fully saturated rings. The highest BCUT2D eigenvalue weighted by molar-refractivity contribution is 7.17. The molecule has 1 aliphatic rings. The topological polar surface area (TPSA) is 202 Å². The molecular weight excluding hydrogens is 574 g/mol. The van der Waals surface area contributed by atoms with Crippen molar-refractivity contribution in [3.63, 3.8) is 0 Å². The van der Waals surface area contributed by atoms with Gasteiger partial charge in [-0.05, 0) is 61.6 Å². The highest BCUT2D eigenvalue weighted by Gasteiger charge is 2.29. The van der Waals surface area contributed by atoms with Gasteiger partial charge in [0.25, 0.3) is 5.69 Å². The molecule has 1 heterocycles. The van der Waals surface area contributed by atoms with E-state index in [0.29, 0.717) is 12.0 Å². The fourth-order valence-corrected chi connectivity index (χ4v) is 5.38. The van der Waals surface area contributed by atoms with Crippen LogP contribution in [0.4, 0.5) is 16.4 Å². The molecule has 0 spiro atoms. The molecule has 42 heavy (non-hydrogen) atoms. The second kappa shape index (κ2) is 12.9. The van der Waals surface area contributed by atoms with Crippen LogP contribution in [0.1, 0.15) is 39.7 Å². The predicted molar refractivity (Wildman–Crippen MR) is 149 cm³/mol. The molecule has 4 rings (SSSR count). The number of esters is 1. The van der Waals surface area contributed by atoms with Crippen molar-refractivity contribution in [1.29, 1.82) is 0 Å². The van der Waals surface area contributed by atoms with E-state index < -0.39 is 39.0 Å². The maximum absolute atomic E-state index is 12.5. The number of carbonyl (C=O) groups excluding carboxylic acids is 3. The third-order valence-electron chi connectivity index (χ3n) is 5.96. The van der Waals surface area contributed by atoms with Gasteiger partial charge in [0.2, 0.25) is 5.75 Å². The van der Waals surface area contributed by atoms with E-state index in [2.05, 4.69) is 15.8 Å². The van der Waals surface area contributed by atoms with Crippen LogP contribution >= 0.6 is 11.3 Å². The van der Waals surface area contributed by atoms with E-state index in [9.17, 15) is 34.6 Å². The molecule has 218 valence electrons. The molecule has 2 aromatic carbocycles. The molecule has 0 saturated heterocycles. The van der Waals surface area contributed by atoms with Crippen LogP contribution in [0.15, 0.2) is 41.5 Å². The van der Waals surface area contributed by atoms with Crippen molar-refractivity contribution in [2.24, 2.45) is 5.10 Å². The number of fused-ring (bicyclic) bond motifs is 1. The normalized spacial score (nSPS) is 12.0. The maximum atomic E-state index is 12.5. The summed E-state index contributed by atoms with van der Waals surface area (Å²) >= 11 is 1.23. The smallest absolute Gasteiger partial charge is 0.341 e. The molecular formula is C26H23N5O10S. The van der Waals surface area contributed by atoms with Crippen molar-refractivity contribution in [3.8, 4) is 17.2 Å². The number of nitro groups is 2. The molecule has 0 aliphatic heterocycles. The molecule has 0 radical (unpaired) electrons. The number of aryl methyl sites for hydroxylation is 1. The van der Waals surface area contributed by atoms with Gasteiger partial charge in [-0.15, -0.1) is 11.3 Å². The molecule has 2 amide bonds. The van der Waals surface area contributed by atoms with Crippen molar-refractivity contribution in [1.82, 2.24) is 5.43 Å². The summed E-state index contributed by atoms with van der Waals surface area (Å²) in [5.41, 5.74) is 2.52. The summed E-state index contributed by atoms with van der Waals surface area (Å²) in [7, 11) is 1.24. The van der Waals surface area contributed by atoms with Crippen molar-refractivity contribution < 1.29 is 38.4 Å². The van der Waals surface area contributed by atoms with Gasteiger partial charge in [-0.25, -0.2) is 10.2 Å². The summed E-state index contributed by atoms with van der Waals surface area (Å²) in [5.74, 6) is -2.69. The van der Waals surface area contributed by atoms with E-state index in [1.54, 1.807) is 6.92 Å². The Kier molecular flexibility index (Phi) is 9.06. The minimum atomic E-state index is -1.08. The standard InChI is InChI=1S/C26H23N5O10S/c1-3-40-20-11-14(7-9-19(20)41-18-10-8-15(30(35)36)12-17(18)31(37)38)13-27-29-24(33)23(32)28-25-22(26(34)39-2)16-5-4-6-21(16)42-25/h7-13H,3-6H2,1-2H3,(H,28,32)(H,29,33). The molecule has 2 N–H and O–H groups in total. The Morgan fingerprint density at radius 3 is 2.48 bits per heavy atom. The average Bonchev–Trinajstić information content (AvgIpc) is 3.55. The van der Waals surface area contributed by atoms with Crippen LogP contribution in [0, 0.1) is 20.2 Å². The fourth-order valence-electron chi connectivity index (χ4n) is 4.11. The Balaban J connectivity index is 1.45. The molecule has 3 aromatic rings. The number of benzene rings is 2. The van der Waals surface area contributed by atoms with Gasteiger partial charge >= 0.3 is 23.5 Å². The number of ether oxygens (including phenoxy) is 3. The Hall–Kier alpha value is -5.38. The minimum Gasteiger partial charge on any atom is -0.490 e.